The number of nitrogens with zero attached hydrogens (tertiary/aromatic N) is 1. The zero-order valence-electron chi connectivity index (χ0n) is 12.9. The zero-order valence-corrected chi connectivity index (χ0v) is 15.2. The number of rotatable bonds is 5. The predicted octanol–water partition coefficient (Wildman–Crippen LogP) is 2.36. The number of nitrogens with one attached hydrogen (secondary N) is 1. The average molecular weight is 420 g/mol. The van der Waals surface area contributed by atoms with E-state index in [1.54, 1.807) is 0 Å². The number of amides is 2. The maximum atomic E-state index is 13.3. The quantitative estimate of drug-likeness (QED) is 0.746. The molecule has 3 rings (SSSR count). The van der Waals surface area contributed by atoms with Gasteiger partial charge in [-0.05, 0) is 25.0 Å². The van der Waals surface area contributed by atoms with Gasteiger partial charge in [0.25, 0.3) is 5.91 Å². The number of halogens is 3. The summed E-state index contributed by atoms with van der Waals surface area (Å²) in [4.78, 5) is 25.2. The van der Waals surface area contributed by atoms with Gasteiger partial charge in [-0.25, -0.2) is 4.39 Å². The zero-order chi connectivity index (χ0) is 17.3. The minimum Gasteiger partial charge on any atom is -0.484 e. The second kappa shape index (κ2) is 6.88. The molecule has 1 N–H and O–H groups in total. The first-order valence-corrected chi connectivity index (χ1v) is 9.12. The van der Waals surface area contributed by atoms with E-state index >= 15 is 0 Å². The third-order valence-corrected chi connectivity index (χ3v) is 5.29. The Morgan fingerprint density at radius 3 is 2.75 bits per heavy atom. The topological polar surface area (TPSA) is 58.6 Å². The van der Waals surface area contributed by atoms with E-state index in [0.717, 1.165) is 32.0 Å². The van der Waals surface area contributed by atoms with E-state index in [2.05, 4.69) is 21.2 Å². The van der Waals surface area contributed by atoms with Gasteiger partial charge in [0, 0.05) is 30.6 Å². The fourth-order valence-electron chi connectivity index (χ4n) is 3.36. The van der Waals surface area contributed by atoms with Gasteiger partial charge in [-0.15, -0.1) is 0 Å². The summed E-state index contributed by atoms with van der Waals surface area (Å²) in [6.07, 6.45) is 1.75. The Balaban J connectivity index is 1.37. The van der Waals surface area contributed by atoms with Gasteiger partial charge < -0.3 is 15.0 Å². The number of alkyl halides is 1. The van der Waals surface area contributed by atoms with E-state index in [0.29, 0.717) is 5.33 Å². The highest BCUT2D eigenvalue weighted by molar-refractivity contribution is 9.09. The summed E-state index contributed by atoms with van der Waals surface area (Å²) in [5, 5.41) is 3.26. The van der Waals surface area contributed by atoms with E-state index in [4.69, 9.17) is 16.3 Å². The van der Waals surface area contributed by atoms with Crippen LogP contribution in [0.3, 0.4) is 0 Å². The molecule has 0 radical (unpaired) electrons. The lowest BCUT2D eigenvalue weighted by Gasteiger charge is -2.59. The van der Waals surface area contributed by atoms with Crippen LogP contribution in [-0.4, -0.2) is 47.8 Å². The number of ether oxygens (including phenoxy) is 1. The summed E-state index contributed by atoms with van der Waals surface area (Å²) < 4.78 is 18.5. The van der Waals surface area contributed by atoms with Gasteiger partial charge in [0.05, 0.1) is 10.4 Å². The number of carbonyl (C=O) groups excluding carboxylic acids is 2. The molecule has 1 spiro atoms. The minimum atomic E-state index is -0.580. The minimum absolute atomic E-state index is 0.0134. The lowest BCUT2D eigenvalue weighted by atomic mass is 9.60. The van der Waals surface area contributed by atoms with Crippen LogP contribution in [0.4, 0.5) is 4.39 Å². The van der Waals surface area contributed by atoms with E-state index < -0.39 is 5.82 Å². The Bertz CT molecular complexity index is 659. The van der Waals surface area contributed by atoms with Crippen LogP contribution in [0.2, 0.25) is 5.02 Å². The first-order valence-electron chi connectivity index (χ1n) is 7.62. The molecule has 130 valence electrons. The van der Waals surface area contributed by atoms with Crippen LogP contribution >= 0.6 is 27.5 Å². The van der Waals surface area contributed by atoms with Gasteiger partial charge in [-0.2, -0.15) is 0 Å². The smallest absolute Gasteiger partial charge is 0.258 e. The number of hydrogen-bond donors (Lipinski definition) is 1. The molecule has 2 fully saturated rings. The van der Waals surface area contributed by atoms with Gasteiger partial charge in [0.1, 0.15) is 11.6 Å². The van der Waals surface area contributed by atoms with Crippen molar-refractivity contribution in [3.8, 4) is 5.75 Å². The molecule has 0 unspecified atom stereocenters. The maximum Gasteiger partial charge on any atom is 0.258 e. The Kier molecular flexibility index (Phi) is 5.01. The van der Waals surface area contributed by atoms with Crippen molar-refractivity contribution in [1.82, 2.24) is 10.2 Å². The molecule has 5 nitrogen and oxygen atoms in total. The first-order chi connectivity index (χ1) is 11.4. The van der Waals surface area contributed by atoms with Crippen molar-refractivity contribution in [2.75, 3.05) is 25.0 Å². The highest BCUT2D eigenvalue weighted by Crippen LogP contribution is 2.48. The molecule has 1 heterocycles. The van der Waals surface area contributed by atoms with Crippen molar-refractivity contribution < 1.29 is 18.7 Å². The third-order valence-electron chi connectivity index (χ3n) is 4.50. The Hall–Kier alpha value is -1.34. The lowest BCUT2D eigenvalue weighted by Crippen LogP contribution is -2.67. The summed E-state index contributed by atoms with van der Waals surface area (Å²) in [6, 6.07) is 4.17. The van der Waals surface area contributed by atoms with E-state index in [9.17, 15) is 14.0 Å². The predicted molar refractivity (Wildman–Crippen MR) is 90.9 cm³/mol. The SMILES string of the molecule is O=C(COc1ccc(Cl)c(F)c1)NC1CC2(C1)CN(C(=O)CBr)C2. The second-order valence-corrected chi connectivity index (χ2v) is 7.39. The molecule has 2 amide bonds. The number of likely N-dealkylation sites (tertiary alicyclic amines) is 1. The molecule has 1 saturated heterocycles. The van der Waals surface area contributed by atoms with Crippen molar-refractivity contribution >= 4 is 39.3 Å². The molecule has 0 aromatic heterocycles. The molecule has 0 atom stereocenters. The molecule has 8 heteroatoms. The van der Waals surface area contributed by atoms with Crippen LogP contribution in [-0.2, 0) is 9.59 Å². The fraction of sp³-hybridized carbons (Fsp3) is 0.500. The van der Waals surface area contributed by atoms with Crippen LogP contribution in [0.15, 0.2) is 18.2 Å². The lowest BCUT2D eigenvalue weighted by molar-refractivity contribution is -0.150. The third kappa shape index (κ3) is 3.67. The van der Waals surface area contributed by atoms with E-state index in [1.165, 1.54) is 12.1 Å². The summed E-state index contributed by atoms with van der Waals surface area (Å²) in [5.41, 5.74) is 0.177. The first kappa shape index (κ1) is 17.5. The van der Waals surface area contributed by atoms with Gasteiger partial charge in [-0.3, -0.25) is 9.59 Å². The van der Waals surface area contributed by atoms with Crippen LogP contribution in [0.5, 0.6) is 5.75 Å². The highest BCUT2D eigenvalue weighted by atomic mass is 79.9. The fourth-order valence-corrected chi connectivity index (χ4v) is 3.83. The van der Waals surface area contributed by atoms with Crippen molar-refractivity contribution in [1.29, 1.82) is 0 Å². The second-order valence-electron chi connectivity index (χ2n) is 6.42. The molecule has 1 aliphatic carbocycles. The van der Waals surface area contributed by atoms with Crippen LogP contribution < -0.4 is 10.1 Å². The van der Waals surface area contributed by atoms with Gasteiger partial charge in [0.15, 0.2) is 6.61 Å². The Labute approximate surface area is 152 Å². The molecule has 1 aliphatic heterocycles. The molecule has 1 aromatic rings. The molecular formula is C16H17BrClFN2O3. The number of hydrogen-bond acceptors (Lipinski definition) is 3. The van der Waals surface area contributed by atoms with Gasteiger partial charge in [0.2, 0.25) is 5.91 Å². The normalized spacial score (nSPS) is 18.7. The molecule has 0 bridgehead atoms. The number of benzene rings is 1. The molecule has 2 aliphatic rings. The monoisotopic (exact) mass is 418 g/mol. The highest BCUT2D eigenvalue weighted by Gasteiger charge is 2.53. The van der Waals surface area contributed by atoms with Gasteiger partial charge >= 0.3 is 0 Å². The molecule has 1 saturated carbocycles. The summed E-state index contributed by atoms with van der Waals surface area (Å²) >= 11 is 8.75. The maximum absolute atomic E-state index is 13.3. The van der Waals surface area contributed by atoms with Crippen LogP contribution in [0.1, 0.15) is 12.8 Å². The molecular weight excluding hydrogens is 403 g/mol. The summed E-state index contributed by atoms with van der Waals surface area (Å²) in [6.45, 7) is 1.37. The summed E-state index contributed by atoms with van der Waals surface area (Å²) in [5.74, 6) is -0.447. The van der Waals surface area contributed by atoms with Crippen molar-refractivity contribution in [2.24, 2.45) is 5.41 Å². The van der Waals surface area contributed by atoms with E-state index in [-0.39, 0.29) is 40.7 Å². The van der Waals surface area contributed by atoms with Gasteiger partial charge in [-0.1, -0.05) is 27.5 Å². The largest absolute Gasteiger partial charge is 0.484 e. The molecule has 24 heavy (non-hydrogen) atoms. The van der Waals surface area contributed by atoms with Crippen molar-refractivity contribution in [3.05, 3.63) is 29.0 Å². The standard InChI is InChI=1S/C16H17BrClFN2O3/c17-6-15(23)21-8-16(9-21)4-10(5-16)20-14(22)7-24-11-1-2-12(18)13(19)3-11/h1-3,10H,4-9H2,(H,20,22). The van der Waals surface area contributed by atoms with Crippen molar-refractivity contribution in [2.45, 2.75) is 18.9 Å². The summed E-state index contributed by atoms with van der Waals surface area (Å²) in [7, 11) is 0. The van der Waals surface area contributed by atoms with Crippen molar-refractivity contribution in [3.63, 3.8) is 0 Å². The Morgan fingerprint density at radius 2 is 2.12 bits per heavy atom. The van der Waals surface area contributed by atoms with E-state index in [1.807, 2.05) is 4.90 Å². The van der Waals surface area contributed by atoms with Crippen LogP contribution in [0, 0.1) is 11.2 Å². The number of carbonyl (C=O) groups is 2. The van der Waals surface area contributed by atoms with Crippen LogP contribution in [0.25, 0.3) is 0 Å². The Morgan fingerprint density at radius 1 is 1.42 bits per heavy atom. The molecule has 1 aromatic carbocycles. The average Bonchev–Trinajstić information content (AvgIpc) is 2.48.